The number of carbonyl (C=O) groups excluding carboxylic acids is 1. The zero-order valence-corrected chi connectivity index (χ0v) is 17.1. The van der Waals surface area contributed by atoms with Crippen LogP contribution in [0, 0.1) is 5.92 Å². The molecule has 3 fully saturated rings. The molecule has 0 saturated carbocycles. The summed E-state index contributed by atoms with van der Waals surface area (Å²) in [6.45, 7) is 6.07. The van der Waals surface area contributed by atoms with Crippen molar-refractivity contribution in [1.82, 2.24) is 14.4 Å². The average Bonchev–Trinajstić information content (AvgIpc) is 3.51. The molecule has 1 amide bonds. The Morgan fingerprint density at radius 2 is 1.79 bits per heavy atom. The standard InChI is InChI=1S/C24H31N3O2/c28-23(21-6-8-22(9-7-21)26-13-3-4-14-26)27-15-5-10-24(19-27)16-20(18-29-24)17-25-11-1-2-12-25/h3-4,6-9,13-14,20H,1-2,5,10-12,15-19H2/t20-,24-/m0/s1. The average molecular weight is 394 g/mol. The van der Waals surface area contributed by atoms with Crippen molar-refractivity contribution in [3.63, 3.8) is 0 Å². The molecule has 0 bridgehead atoms. The summed E-state index contributed by atoms with van der Waals surface area (Å²) in [6, 6.07) is 11.9. The topological polar surface area (TPSA) is 37.7 Å². The van der Waals surface area contributed by atoms with Gasteiger partial charge in [0.15, 0.2) is 0 Å². The summed E-state index contributed by atoms with van der Waals surface area (Å²) in [6.07, 6.45) is 9.92. The van der Waals surface area contributed by atoms with Crippen molar-refractivity contribution in [1.29, 1.82) is 0 Å². The molecule has 1 aromatic heterocycles. The van der Waals surface area contributed by atoms with Crippen LogP contribution in [0.15, 0.2) is 48.8 Å². The normalized spacial score (nSPS) is 27.7. The summed E-state index contributed by atoms with van der Waals surface area (Å²) < 4.78 is 8.42. The fourth-order valence-corrected chi connectivity index (χ4v) is 5.41. The lowest BCUT2D eigenvalue weighted by Crippen LogP contribution is -2.50. The Hall–Kier alpha value is -2.11. The number of piperidine rings is 1. The molecule has 3 saturated heterocycles. The predicted molar refractivity (Wildman–Crippen MR) is 113 cm³/mol. The van der Waals surface area contributed by atoms with Gasteiger partial charge in [0.2, 0.25) is 0 Å². The molecule has 1 aromatic carbocycles. The summed E-state index contributed by atoms with van der Waals surface area (Å²) in [4.78, 5) is 17.8. The summed E-state index contributed by atoms with van der Waals surface area (Å²) in [5, 5.41) is 0. The second-order valence-electron chi connectivity index (χ2n) is 9.04. The molecule has 0 aliphatic carbocycles. The molecule has 5 rings (SSSR count). The van der Waals surface area contributed by atoms with Gasteiger partial charge in [-0.3, -0.25) is 4.79 Å². The Balaban J connectivity index is 1.23. The van der Waals surface area contributed by atoms with Gasteiger partial charge in [-0.05, 0) is 87.5 Å². The molecule has 29 heavy (non-hydrogen) atoms. The maximum absolute atomic E-state index is 13.2. The first kappa shape index (κ1) is 18.9. The minimum atomic E-state index is -0.122. The van der Waals surface area contributed by atoms with E-state index >= 15 is 0 Å². The number of benzene rings is 1. The summed E-state index contributed by atoms with van der Waals surface area (Å²) in [5.74, 6) is 0.749. The molecule has 3 aliphatic heterocycles. The third kappa shape index (κ3) is 3.99. The van der Waals surface area contributed by atoms with Crippen LogP contribution in [-0.2, 0) is 4.74 Å². The van der Waals surface area contributed by atoms with E-state index in [2.05, 4.69) is 9.47 Å². The second kappa shape index (κ2) is 7.96. The predicted octanol–water partition coefficient (Wildman–Crippen LogP) is 3.58. The molecule has 4 heterocycles. The van der Waals surface area contributed by atoms with E-state index in [1.54, 1.807) is 0 Å². The van der Waals surface area contributed by atoms with E-state index in [0.717, 1.165) is 56.8 Å². The zero-order chi connectivity index (χ0) is 19.7. The first-order chi connectivity index (χ1) is 14.2. The van der Waals surface area contributed by atoms with Crippen molar-refractivity contribution < 1.29 is 9.53 Å². The van der Waals surface area contributed by atoms with E-state index in [4.69, 9.17) is 4.74 Å². The van der Waals surface area contributed by atoms with Gasteiger partial charge in [-0.15, -0.1) is 0 Å². The van der Waals surface area contributed by atoms with Crippen LogP contribution in [0.25, 0.3) is 5.69 Å². The van der Waals surface area contributed by atoms with Gasteiger partial charge in [-0.2, -0.15) is 0 Å². The molecular weight excluding hydrogens is 362 g/mol. The molecule has 1 spiro atoms. The zero-order valence-electron chi connectivity index (χ0n) is 17.1. The molecule has 5 heteroatoms. The highest BCUT2D eigenvalue weighted by molar-refractivity contribution is 5.94. The second-order valence-corrected chi connectivity index (χ2v) is 9.04. The number of aromatic nitrogens is 1. The highest BCUT2D eigenvalue weighted by Crippen LogP contribution is 2.38. The quantitative estimate of drug-likeness (QED) is 0.797. The molecule has 0 radical (unpaired) electrons. The first-order valence-corrected chi connectivity index (χ1v) is 11.1. The van der Waals surface area contributed by atoms with Gasteiger partial charge < -0.3 is 19.1 Å². The molecule has 3 aliphatic rings. The van der Waals surface area contributed by atoms with Crippen LogP contribution in [0.3, 0.4) is 0 Å². The fraction of sp³-hybridized carbons (Fsp3) is 0.542. The van der Waals surface area contributed by atoms with Crippen LogP contribution in [0.2, 0.25) is 0 Å². The third-order valence-electron chi connectivity index (χ3n) is 6.84. The maximum atomic E-state index is 13.2. The van der Waals surface area contributed by atoms with E-state index in [1.807, 2.05) is 53.7 Å². The number of hydrogen-bond donors (Lipinski definition) is 0. The number of carbonyl (C=O) groups is 1. The van der Waals surface area contributed by atoms with Crippen molar-refractivity contribution in [3.05, 3.63) is 54.4 Å². The van der Waals surface area contributed by atoms with Gasteiger partial charge in [0, 0.05) is 43.3 Å². The van der Waals surface area contributed by atoms with E-state index in [9.17, 15) is 4.79 Å². The molecule has 5 nitrogen and oxygen atoms in total. The molecule has 2 atom stereocenters. The van der Waals surface area contributed by atoms with Crippen molar-refractivity contribution in [3.8, 4) is 5.69 Å². The molecule has 2 aromatic rings. The minimum absolute atomic E-state index is 0.122. The number of ether oxygens (including phenoxy) is 1. The van der Waals surface area contributed by atoms with Crippen LogP contribution in [0.1, 0.15) is 42.5 Å². The smallest absolute Gasteiger partial charge is 0.253 e. The van der Waals surface area contributed by atoms with Gasteiger partial charge >= 0.3 is 0 Å². The highest BCUT2D eigenvalue weighted by atomic mass is 16.5. The van der Waals surface area contributed by atoms with Crippen molar-refractivity contribution in [2.45, 2.75) is 37.7 Å². The van der Waals surface area contributed by atoms with Crippen LogP contribution >= 0.6 is 0 Å². The largest absolute Gasteiger partial charge is 0.373 e. The van der Waals surface area contributed by atoms with Gasteiger partial charge in [0.1, 0.15) is 0 Å². The van der Waals surface area contributed by atoms with Crippen LogP contribution in [-0.4, -0.2) is 65.2 Å². The summed E-state index contributed by atoms with van der Waals surface area (Å²) in [5.41, 5.74) is 1.72. The Morgan fingerprint density at radius 3 is 2.55 bits per heavy atom. The van der Waals surface area contributed by atoms with Crippen LogP contribution in [0.5, 0.6) is 0 Å². The van der Waals surface area contributed by atoms with E-state index < -0.39 is 0 Å². The van der Waals surface area contributed by atoms with Gasteiger partial charge in [-0.1, -0.05) is 0 Å². The lowest BCUT2D eigenvalue weighted by Gasteiger charge is -2.40. The van der Waals surface area contributed by atoms with Crippen LogP contribution in [0.4, 0.5) is 0 Å². The maximum Gasteiger partial charge on any atom is 0.253 e. The molecule has 0 unspecified atom stereocenters. The fourth-order valence-electron chi connectivity index (χ4n) is 5.41. The van der Waals surface area contributed by atoms with E-state index in [0.29, 0.717) is 5.92 Å². The lowest BCUT2D eigenvalue weighted by molar-refractivity contribution is -0.0450. The number of nitrogens with zero attached hydrogens (tertiary/aromatic N) is 3. The molecular formula is C24H31N3O2. The SMILES string of the molecule is O=C(c1ccc(-n2cccc2)cc1)N1CCC[C@]2(C[C@@H](CN3CCCC3)CO2)C1. The highest BCUT2D eigenvalue weighted by Gasteiger charge is 2.44. The summed E-state index contributed by atoms with van der Waals surface area (Å²) >= 11 is 0. The number of likely N-dealkylation sites (tertiary alicyclic amines) is 2. The van der Waals surface area contributed by atoms with Gasteiger partial charge in [0.25, 0.3) is 5.91 Å². The van der Waals surface area contributed by atoms with E-state index in [1.165, 1.54) is 25.9 Å². The minimum Gasteiger partial charge on any atom is -0.373 e. The number of amides is 1. The lowest BCUT2D eigenvalue weighted by atomic mass is 9.86. The summed E-state index contributed by atoms with van der Waals surface area (Å²) in [7, 11) is 0. The monoisotopic (exact) mass is 393 g/mol. The third-order valence-corrected chi connectivity index (χ3v) is 6.84. The van der Waals surface area contributed by atoms with Gasteiger partial charge in [-0.25, -0.2) is 0 Å². The number of rotatable bonds is 4. The molecule has 154 valence electrons. The Morgan fingerprint density at radius 1 is 1.03 bits per heavy atom. The Labute approximate surface area is 173 Å². The number of hydrogen-bond acceptors (Lipinski definition) is 3. The first-order valence-electron chi connectivity index (χ1n) is 11.1. The van der Waals surface area contributed by atoms with Crippen molar-refractivity contribution in [2.75, 3.05) is 39.3 Å². The Kier molecular flexibility index (Phi) is 5.18. The molecule has 0 N–H and O–H groups in total. The van der Waals surface area contributed by atoms with Crippen molar-refractivity contribution in [2.24, 2.45) is 5.92 Å². The van der Waals surface area contributed by atoms with Gasteiger partial charge in [0.05, 0.1) is 12.2 Å². The van der Waals surface area contributed by atoms with Crippen LogP contribution < -0.4 is 0 Å². The Bertz CT molecular complexity index is 826. The van der Waals surface area contributed by atoms with Crippen molar-refractivity contribution >= 4 is 5.91 Å². The van der Waals surface area contributed by atoms with E-state index in [-0.39, 0.29) is 11.5 Å².